The standard InChI is InChI=1S/C19H39N/c1-5-6-7-8-9-10-11-12-13-14-15-16-20-19(4)17-18(2)3/h18H,5-17H2,1-4H3. The average molecular weight is 282 g/mol. The molecule has 0 aliphatic carbocycles. The molecule has 0 aromatic carbocycles. The average Bonchev–Trinajstić information content (AvgIpc) is 2.39. The Hall–Kier alpha value is -0.330. The summed E-state index contributed by atoms with van der Waals surface area (Å²) in [5.74, 6) is 0.746. The van der Waals surface area contributed by atoms with Gasteiger partial charge in [0.25, 0.3) is 0 Å². The number of hydrogen-bond acceptors (Lipinski definition) is 1. The second kappa shape index (κ2) is 15.1. The highest BCUT2D eigenvalue weighted by Crippen LogP contribution is 2.11. The van der Waals surface area contributed by atoms with Gasteiger partial charge in [-0.2, -0.15) is 0 Å². The fourth-order valence-electron chi connectivity index (χ4n) is 2.70. The maximum Gasteiger partial charge on any atom is 0.0388 e. The van der Waals surface area contributed by atoms with Gasteiger partial charge in [-0.15, -0.1) is 0 Å². The third kappa shape index (κ3) is 15.7. The fraction of sp³-hybridized carbons (Fsp3) is 0.947. The summed E-state index contributed by atoms with van der Waals surface area (Å²) in [6.45, 7) is 10.0. The second-order valence-electron chi connectivity index (χ2n) is 6.75. The highest BCUT2D eigenvalue weighted by Gasteiger charge is 1.96. The monoisotopic (exact) mass is 281 g/mol. The van der Waals surface area contributed by atoms with Crippen LogP contribution in [0.1, 0.15) is 105 Å². The molecule has 0 amide bonds. The molecule has 0 saturated heterocycles. The van der Waals surface area contributed by atoms with Crippen molar-refractivity contribution in [3.05, 3.63) is 0 Å². The van der Waals surface area contributed by atoms with Gasteiger partial charge in [-0.3, -0.25) is 4.99 Å². The van der Waals surface area contributed by atoms with Gasteiger partial charge in [0.2, 0.25) is 0 Å². The van der Waals surface area contributed by atoms with Crippen LogP contribution in [0.4, 0.5) is 0 Å². The molecule has 0 aromatic rings. The molecule has 0 radical (unpaired) electrons. The van der Waals surface area contributed by atoms with Gasteiger partial charge < -0.3 is 0 Å². The fourth-order valence-corrected chi connectivity index (χ4v) is 2.70. The van der Waals surface area contributed by atoms with Crippen LogP contribution in [0.15, 0.2) is 4.99 Å². The lowest BCUT2D eigenvalue weighted by molar-refractivity contribution is 0.551. The van der Waals surface area contributed by atoms with Crippen LogP contribution in [-0.4, -0.2) is 12.3 Å². The van der Waals surface area contributed by atoms with Crippen molar-refractivity contribution in [3.63, 3.8) is 0 Å². The molecule has 0 atom stereocenters. The van der Waals surface area contributed by atoms with Crippen molar-refractivity contribution in [1.82, 2.24) is 0 Å². The number of unbranched alkanes of at least 4 members (excludes halogenated alkanes) is 10. The highest BCUT2D eigenvalue weighted by molar-refractivity contribution is 5.81. The Labute approximate surface area is 128 Å². The molecular formula is C19H39N. The second-order valence-corrected chi connectivity index (χ2v) is 6.75. The van der Waals surface area contributed by atoms with E-state index in [1.807, 2.05) is 0 Å². The van der Waals surface area contributed by atoms with E-state index in [-0.39, 0.29) is 0 Å². The van der Waals surface area contributed by atoms with E-state index in [1.165, 1.54) is 76.3 Å². The molecule has 0 rings (SSSR count). The molecule has 0 spiro atoms. The molecule has 0 unspecified atom stereocenters. The lowest BCUT2D eigenvalue weighted by atomic mass is 10.1. The van der Waals surface area contributed by atoms with E-state index in [9.17, 15) is 0 Å². The van der Waals surface area contributed by atoms with Gasteiger partial charge in [0.1, 0.15) is 0 Å². The molecule has 0 saturated carbocycles. The molecule has 0 bridgehead atoms. The van der Waals surface area contributed by atoms with E-state index >= 15 is 0 Å². The van der Waals surface area contributed by atoms with Crippen molar-refractivity contribution in [1.29, 1.82) is 0 Å². The van der Waals surface area contributed by atoms with Gasteiger partial charge in [-0.1, -0.05) is 85.0 Å². The van der Waals surface area contributed by atoms with Gasteiger partial charge in [0, 0.05) is 12.3 Å². The number of nitrogens with zero attached hydrogens (tertiary/aromatic N) is 1. The zero-order chi connectivity index (χ0) is 15.1. The summed E-state index contributed by atoms with van der Waals surface area (Å²) >= 11 is 0. The first kappa shape index (κ1) is 19.7. The lowest BCUT2D eigenvalue weighted by Gasteiger charge is -2.04. The Bertz CT molecular complexity index is 218. The van der Waals surface area contributed by atoms with Crippen LogP contribution in [0.3, 0.4) is 0 Å². The largest absolute Gasteiger partial charge is 0.294 e. The Kier molecular flexibility index (Phi) is 14.8. The lowest BCUT2D eigenvalue weighted by Crippen LogP contribution is -1.99. The van der Waals surface area contributed by atoms with Crippen molar-refractivity contribution in [2.75, 3.05) is 6.54 Å². The maximum absolute atomic E-state index is 4.66. The van der Waals surface area contributed by atoms with Crippen LogP contribution >= 0.6 is 0 Å². The summed E-state index contributed by atoms with van der Waals surface area (Å²) in [6, 6.07) is 0. The topological polar surface area (TPSA) is 12.4 Å². The van der Waals surface area contributed by atoms with Crippen molar-refractivity contribution in [3.8, 4) is 0 Å². The smallest absolute Gasteiger partial charge is 0.0388 e. The zero-order valence-electron chi connectivity index (χ0n) is 14.7. The molecule has 120 valence electrons. The predicted molar refractivity (Wildman–Crippen MR) is 93.9 cm³/mol. The molecule has 0 aliphatic rings. The van der Waals surface area contributed by atoms with Gasteiger partial charge >= 0.3 is 0 Å². The summed E-state index contributed by atoms with van der Waals surface area (Å²) in [5, 5.41) is 0. The van der Waals surface area contributed by atoms with Crippen molar-refractivity contribution in [2.45, 2.75) is 105 Å². The van der Waals surface area contributed by atoms with Crippen molar-refractivity contribution < 1.29 is 0 Å². The number of hydrogen-bond donors (Lipinski definition) is 0. The third-order valence-electron chi connectivity index (χ3n) is 3.85. The van der Waals surface area contributed by atoms with Crippen LogP contribution in [0, 0.1) is 5.92 Å². The Balaban J connectivity index is 3.17. The van der Waals surface area contributed by atoms with Crippen LogP contribution in [0.2, 0.25) is 0 Å². The minimum absolute atomic E-state index is 0.746. The molecule has 1 heteroatoms. The van der Waals surface area contributed by atoms with Crippen molar-refractivity contribution >= 4 is 5.71 Å². The molecular weight excluding hydrogens is 242 g/mol. The van der Waals surface area contributed by atoms with E-state index < -0.39 is 0 Å². The van der Waals surface area contributed by atoms with Crippen molar-refractivity contribution in [2.24, 2.45) is 10.9 Å². The van der Waals surface area contributed by atoms with Gasteiger partial charge in [0.05, 0.1) is 0 Å². The first-order valence-electron chi connectivity index (χ1n) is 9.16. The van der Waals surface area contributed by atoms with E-state index in [2.05, 4.69) is 32.7 Å². The Morgan fingerprint density at radius 3 is 1.65 bits per heavy atom. The number of rotatable bonds is 14. The molecule has 0 aliphatic heterocycles. The third-order valence-corrected chi connectivity index (χ3v) is 3.85. The summed E-state index contributed by atoms with van der Waals surface area (Å²) in [4.78, 5) is 4.66. The summed E-state index contributed by atoms with van der Waals surface area (Å²) in [5.41, 5.74) is 1.34. The summed E-state index contributed by atoms with van der Waals surface area (Å²) in [6.07, 6.45) is 16.7. The quantitative estimate of drug-likeness (QED) is 0.245. The molecule has 0 aromatic heterocycles. The van der Waals surface area contributed by atoms with Gasteiger partial charge in [-0.25, -0.2) is 0 Å². The number of aliphatic imine (C=N–C) groups is 1. The van der Waals surface area contributed by atoms with Gasteiger partial charge in [-0.05, 0) is 25.7 Å². The SMILES string of the molecule is CCCCCCCCCCCCCN=C(C)CC(C)C. The highest BCUT2D eigenvalue weighted by atomic mass is 14.7. The normalized spacial score (nSPS) is 12.3. The predicted octanol–water partition coefficient (Wildman–Crippen LogP) is 6.80. The van der Waals surface area contributed by atoms with E-state index in [4.69, 9.17) is 0 Å². The summed E-state index contributed by atoms with van der Waals surface area (Å²) < 4.78 is 0. The van der Waals surface area contributed by atoms with Crippen LogP contribution in [0.5, 0.6) is 0 Å². The summed E-state index contributed by atoms with van der Waals surface area (Å²) in [7, 11) is 0. The minimum atomic E-state index is 0.746. The first-order chi connectivity index (χ1) is 9.66. The molecule has 1 nitrogen and oxygen atoms in total. The molecule has 20 heavy (non-hydrogen) atoms. The Morgan fingerprint density at radius 1 is 0.750 bits per heavy atom. The van der Waals surface area contributed by atoms with E-state index in [1.54, 1.807) is 0 Å². The molecule has 0 heterocycles. The molecule has 0 fully saturated rings. The van der Waals surface area contributed by atoms with E-state index in [0.717, 1.165) is 18.9 Å². The zero-order valence-corrected chi connectivity index (χ0v) is 14.7. The van der Waals surface area contributed by atoms with Crippen LogP contribution in [0.25, 0.3) is 0 Å². The Morgan fingerprint density at radius 2 is 1.20 bits per heavy atom. The maximum atomic E-state index is 4.66. The first-order valence-corrected chi connectivity index (χ1v) is 9.16. The van der Waals surface area contributed by atoms with Crippen LogP contribution < -0.4 is 0 Å². The minimum Gasteiger partial charge on any atom is -0.294 e. The van der Waals surface area contributed by atoms with Crippen LogP contribution in [-0.2, 0) is 0 Å². The van der Waals surface area contributed by atoms with E-state index in [0.29, 0.717) is 0 Å². The van der Waals surface area contributed by atoms with Gasteiger partial charge in [0.15, 0.2) is 0 Å². The molecule has 0 N–H and O–H groups in total.